The number of hydrogen-bond acceptors (Lipinski definition) is 1. The minimum Gasteiger partial charge on any atom is -0.298 e. The number of benzene rings is 1. The lowest BCUT2D eigenvalue weighted by Crippen LogP contribution is -1.82. The van der Waals surface area contributed by atoms with Gasteiger partial charge in [0.15, 0.2) is 0 Å². The smallest absolute Gasteiger partial charge is 0.150 e. The van der Waals surface area contributed by atoms with Crippen LogP contribution in [0.3, 0.4) is 0 Å². The van der Waals surface area contributed by atoms with E-state index in [1.807, 2.05) is 0 Å². The Balaban J connectivity index is 3.03. The molecular formula is C10H8Cl2O. The van der Waals surface area contributed by atoms with Crippen LogP contribution in [-0.4, -0.2) is 12.2 Å². The largest absolute Gasteiger partial charge is 0.298 e. The van der Waals surface area contributed by atoms with Crippen molar-refractivity contribution in [3.8, 4) is 0 Å². The first-order valence-electron chi connectivity index (χ1n) is 3.75. The predicted molar refractivity (Wildman–Crippen MR) is 56.6 cm³/mol. The molecule has 0 N–H and O–H groups in total. The summed E-state index contributed by atoms with van der Waals surface area (Å²) < 4.78 is 0. The molecule has 0 aliphatic carbocycles. The van der Waals surface area contributed by atoms with Crippen LogP contribution in [0.15, 0.2) is 24.3 Å². The molecule has 1 rings (SSSR count). The minimum absolute atomic E-state index is 0.432. The number of carbonyl (C=O) groups excluding carboxylic acids is 1. The van der Waals surface area contributed by atoms with Crippen LogP contribution in [0.25, 0.3) is 6.08 Å². The van der Waals surface area contributed by atoms with Crippen molar-refractivity contribution in [1.29, 1.82) is 0 Å². The molecule has 0 saturated heterocycles. The molecule has 1 aromatic carbocycles. The lowest BCUT2D eigenvalue weighted by molar-refractivity contribution is 0.112. The van der Waals surface area contributed by atoms with Gasteiger partial charge in [0.05, 0.1) is 0 Å². The van der Waals surface area contributed by atoms with E-state index in [1.54, 1.807) is 30.4 Å². The maximum atomic E-state index is 10.5. The van der Waals surface area contributed by atoms with Gasteiger partial charge in [-0.1, -0.05) is 29.8 Å². The molecule has 0 fully saturated rings. The molecule has 0 aromatic heterocycles. The highest BCUT2D eigenvalue weighted by Crippen LogP contribution is 2.18. The molecule has 0 aliphatic heterocycles. The van der Waals surface area contributed by atoms with Crippen molar-refractivity contribution in [3.63, 3.8) is 0 Å². The van der Waals surface area contributed by atoms with Crippen molar-refractivity contribution in [1.82, 2.24) is 0 Å². The Bertz CT molecular complexity index is 332. The fourth-order valence-corrected chi connectivity index (χ4v) is 1.20. The monoisotopic (exact) mass is 214 g/mol. The molecule has 0 bridgehead atoms. The highest BCUT2D eigenvalue weighted by Gasteiger charge is 1.97. The Morgan fingerprint density at radius 2 is 2.15 bits per heavy atom. The molecule has 0 saturated carbocycles. The highest BCUT2D eigenvalue weighted by molar-refractivity contribution is 6.32. The van der Waals surface area contributed by atoms with E-state index in [0.29, 0.717) is 16.5 Å². The molecule has 1 nitrogen and oxygen atoms in total. The van der Waals surface area contributed by atoms with E-state index in [2.05, 4.69) is 0 Å². The molecule has 13 heavy (non-hydrogen) atoms. The molecule has 0 aliphatic rings. The first-order chi connectivity index (χ1) is 6.27. The lowest BCUT2D eigenvalue weighted by atomic mass is 10.1. The van der Waals surface area contributed by atoms with E-state index in [9.17, 15) is 4.79 Å². The fraction of sp³-hybridized carbons (Fsp3) is 0.100. The average Bonchev–Trinajstić information content (AvgIpc) is 2.17. The number of allylic oxidation sites excluding steroid dienone is 1. The summed E-state index contributed by atoms with van der Waals surface area (Å²) in [6, 6.07) is 5.09. The maximum Gasteiger partial charge on any atom is 0.150 e. The second kappa shape index (κ2) is 5.05. The third-order valence-corrected chi connectivity index (χ3v) is 2.07. The summed E-state index contributed by atoms with van der Waals surface area (Å²) in [7, 11) is 0. The van der Waals surface area contributed by atoms with Crippen molar-refractivity contribution < 1.29 is 4.79 Å². The van der Waals surface area contributed by atoms with Gasteiger partial charge >= 0.3 is 0 Å². The van der Waals surface area contributed by atoms with E-state index >= 15 is 0 Å². The topological polar surface area (TPSA) is 17.1 Å². The number of rotatable bonds is 3. The van der Waals surface area contributed by atoms with Gasteiger partial charge in [-0.25, -0.2) is 0 Å². The molecule has 68 valence electrons. The third kappa shape index (κ3) is 2.87. The standard InChI is InChI=1S/C10H8Cl2O/c11-5-1-2-9-6-8(7-13)3-4-10(9)12/h1-4,6-7H,5H2. The van der Waals surface area contributed by atoms with E-state index in [-0.39, 0.29) is 0 Å². The number of carbonyl (C=O) groups is 1. The maximum absolute atomic E-state index is 10.5. The van der Waals surface area contributed by atoms with Crippen LogP contribution in [0, 0.1) is 0 Å². The molecule has 1 aromatic rings. The second-order valence-corrected chi connectivity index (χ2v) is 3.17. The fourth-order valence-electron chi connectivity index (χ4n) is 0.935. The van der Waals surface area contributed by atoms with Crippen LogP contribution in [0.2, 0.25) is 5.02 Å². The van der Waals surface area contributed by atoms with Crippen LogP contribution in [0.4, 0.5) is 0 Å². The zero-order valence-electron chi connectivity index (χ0n) is 6.84. The number of halogens is 2. The minimum atomic E-state index is 0.432. The molecule has 0 unspecified atom stereocenters. The van der Waals surface area contributed by atoms with E-state index in [1.165, 1.54) is 0 Å². The highest BCUT2D eigenvalue weighted by atomic mass is 35.5. The van der Waals surface area contributed by atoms with Crippen molar-refractivity contribution in [2.75, 3.05) is 5.88 Å². The van der Waals surface area contributed by atoms with Gasteiger partial charge < -0.3 is 0 Å². The molecule has 0 spiro atoms. The summed E-state index contributed by atoms with van der Waals surface area (Å²) in [6.07, 6.45) is 4.36. The summed E-state index contributed by atoms with van der Waals surface area (Å²) in [5.74, 6) is 0.432. The van der Waals surface area contributed by atoms with Crippen molar-refractivity contribution >= 4 is 35.6 Å². The Morgan fingerprint density at radius 1 is 1.38 bits per heavy atom. The number of aldehydes is 1. The van der Waals surface area contributed by atoms with Crippen LogP contribution in [0.5, 0.6) is 0 Å². The van der Waals surface area contributed by atoms with Crippen molar-refractivity contribution in [2.24, 2.45) is 0 Å². The summed E-state index contributed by atoms with van der Waals surface area (Å²) in [4.78, 5) is 10.5. The summed E-state index contributed by atoms with van der Waals surface area (Å²) in [6.45, 7) is 0. The van der Waals surface area contributed by atoms with E-state index in [4.69, 9.17) is 23.2 Å². The zero-order valence-corrected chi connectivity index (χ0v) is 8.35. The van der Waals surface area contributed by atoms with Gasteiger partial charge in [-0.15, -0.1) is 11.6 Å². The Morgan fingerprint density at radius 3 is 2.77 bits per heavy atom. The molecule has 0 radical (unpaired) electrons. The first kappa shape index (κ1) is 10.3. The molecule has 0 heterocycles. The van der Waals surface area contributed by atoms with Crippen LogP contribution in [-0.2, 0) is 0 Å². The lowest BCUT2D eigenvalue weighted by Gasteiger charge is -1.98. The molecule has 0 amide bonds. The molecule has 0 atom stereocenters. The Kier molecular flexibility index (Phi) is 4.00. The summed E-state index contributed by atoms with van der Waals surface area (Å²) in [5, 5.41) is 0.618. The van der Waals surface area contributed by atoms with Gasteiger partial charge in [0.1, 0.15) is 6.29 Å². The summed E-state index contributed by atoms with van der Waals surface area (Å²) >= 11 is 11.4. The van der Waals surface area contributed by atoms with Crippen LogP contribution >= 0.6 is 23.2 Å². The SMILES string of the molecule is O=Cc1ccc(Cl)c(C=CCCl)c1. The van der Waals surface area contributed by atoms with Gasteiger partial charge in [-0.2, -0.15) is 0 Å². The quantitative estimate of drug-likeness (QED) is 0.557. The van der Waals surface area contributed by atoms with Gasteiger partial charge in [-0.05, 0) is 17.7 Å². The van der Waals surface area contributed by atoms with E-state index < -0.39 is 0 Å². The van der Waals surface area contributed by atoms with Crippen molar-refractivity contribution in [2.45, 2.75) is 0 Å². The summed E-state index contributed by atoms with van der Waals surface area (Å²) in [5.41, 5.74) is 1.42. The molecule has 3 heteroatoms. The Hall–Kier alpha value is -0.790. The Labute approximate surface area is 87.0 Å². The normalized spacial score (nSPS) is 10.6. The van der Waals surface area contributed by atoms with Crippen molar-refractivity contribution in [3.05, 3.63) is 40.4 Å². The van der Waals surface area contributed by atoms with Crippen LogP contribution < -0.4 is 0 Å². The molecular weight excluding hydrogens is 207 g/mol. The third-order valence-electron chi connectivity index (χ3n) is 1.54. The average molecular weight is 215 g/mol. The van der Waals surface area contributed by atoms with E-state index in [0.717, 1.165) is 11.8 Å². The van der Waals surface area contributed by atoms with Gasteiger partial charge in [0, 0.05) is 16.5 Å². The number of hydrogen-bond donors (Lipinski definition) is 0. The number of alkyl halides is 1. The second-order valence-electron chi connectivity index (χ2n) is 2.46. The van der Waals surface area contributed by atoms with Crippen LogP contribution in [0.1, 0.15) is 15.9 Å². The first-order valence-corrected chi connectivity index (χ1v) is 4.66. The van der Waals surface area contributed by atoms with Gasteiger partial charge in [0.2, 0.25) is 0 Å². The van der Waals surface area contributed by atoms with Gasteiger partial charge in [0.25, 0.3) is 0 Å². The van der Waals surface area contributed by atoms with Gasteiger partial charge in [-0.3, -0.25) is 4.79 Å². The zero-order chi connectivity index (χ0) is 9.68. The predicted octanol–water partition coefficient (Wildman–Crippen LogP) is 3.40.